The van der Waals surface area contributed by atoms with Crippen molar-refractivity contribution in [3.8, 4) is 0 Å². The van der Waals surface area contributed by atoms with Crippen molar-refractivity contribution >= 4 is 29.9 Å². The Balaban J connectivity index is 0.00000225. The summed E-state index contributed by atoms with van der Waals surface area (Å²) in [6.07, 6.45) is 1.75. The van der Waals surface area contributed by atoms with Crippen LogP contribution < -0.4 is 11.1 Å². The molecule has 16 heavy (non-hydrogen) atoms. The lowest BCUT2D eigenvalue weighted by Crippen LogP contribution is -2.45. The van der Waals surface area contributed by atoms with Crippen molar-refractivity contribution in [3.05, 3.63) is 18.0 Å². The standard InChI is InChI=1S/C10H19N5.HI/c1-10(2,3)14-9(11)12-7-8-5-6-13-15(8)4;/h5-6H,7H2,1-4H3,(H3,11,12,14);1H. The monoisotopic (exact) mass is 337 g/mol. The van der Waals surface area contributed by atoms with Gasteiger partial charge in [-0.3, -0.25) is 4.68 Å². The summed E-state index contributed by atoms with van der Waals surface area (Å²) in [7, 11) is 1.89. The number of aryl methyl sites for hydroxylation is 1. The molecule has 0 aliphatic rings. The maximum absolute atomic E-state index is 5.74. The Bertz CT molecular complexity index is 350. The molecule has 0 saturated heterocycles. The lowest BCUT2D eigenvalue weighted by Gasteiger charge is -2.20. The second kappa shape index (κ2) is 6.07. The molecule has 0 aliphatic heterocycles. The van der Waals surface area contributed by atoms with E-state index in [9.17, 15) is 0 Å². The van der Waals surface area contributed by atoms with E-state index in [0.717, 1.165) is 5.69 Å². The third-order valence-corrected chi connectivity index (χ3v) is 1.84. The van der Waals surface area contributed by atoms with Gasteiger partial charge in [-0.1, -0.05) is 0 Å². The zero-order chi connectivity index (χ0) is 11.5. The highest BCUT2D eigenvalue weighted by Crippen LogP contribution is 2.00. The Labute approximate surface area is 114 Å². The Morgan fingerprint density at radius 1 is 1.56 bits per heavy atom. The molecule has 0 fully saturated rings. The van der Waals surface area contributed by atoms with Crippen molar-refractivity contribution in [2.24, 2.45) is 17.8 Å². The summed E-state index contributed by atoms with van der Waals surface area (Å²) in [5, 5.41) is 7.15. The molecule has 1 heterocycles. The van der Waals surface area contributed by atoms with Crippen LogP contribution in [0.5, 0.6) is 0 Å². The summed E-state index contributed by atoms with van der Waals surface area (Å²) < 4.78 is 1.79. The fraction of sp³-hybridized carbons (Fsp3) is 0.600. The minimum Gasteiger partial charge on any atom is -0.370 e. The SMILES string of the molecule is Cn1nccc1CN=C(N)NC(C)(C)C.I. The van der Waals surface area contributed by atoms with E-state index in [0.29, 0.717) is 12.5 Å². The van der Waals surface area contributed by atoms with Gasteiger partial charge < -0.3 is 11.1 Å². The van der Waals surface area contributed by atoms with Crippen LogP contribution in [-0.4, -0.2) is 21.3 Å². The van der Waals surface area contributed by atoms with Crippen LogP contribution in [0.4, 0.5) is 0 Å². The van der Waals surface area contributed by atoms with Crippen LogP contribution in [0.3, 0.4) is 0 Å². The van der Waals surface area contributed by atoms with E-state index in [-0.39, 0.29) is 29.5 Å². The number of rotatable bonds is 2. The first kappa shape index (κ1) is 15.2. The molecule has 0 atom stereocenters. The summed E-state index contributed by atoms with van der Waals surface area (Å²) >= 11 is 0. The molecule has 0 aromatic carbocycles. The van der Waals surface area contributed by atoms with Crippen molar-refractivity contribution < 1.29 is 0 Å². The fourth-order valence-corrected chi connectivity index (χ4v) is 1.15. The van der Waals surface area contributed by atoms with Gasteiger partial charge in [0.15, 0.2) is 5.96 Å². The highest BCUT2D eigenvalue weighted by Gasteiger charge is 2.09. The number of aliphatic imine (C=N–C) groups is 1. The van der Waals surface area contributed by atoms with Crippen molar-refractivity contribution in [1.82, 2.24) is 15.1 Å². The number of nitrogens with one attached hydrogen (secondary N) is 1. The molecule has 1 aromatic rings. The summed E-state index contributed by atoms with van der Waals surface area (Å²) in [6.45, 7) is 6.67. The van der Waals surface area contributed by atoms with Crippen LogP contribution in [0, 0.1) is 0 Å². The zero-order valence-electron chi connectivity index (χ0n) is 10.2. The van der Waals surface area contributed by atoms with E-state index in [2.05, 4.69) is 15.4 Å². The third kappa shape index (κ3) is 5.34. The maximum atomic E-state index is 5.74. The molecule has 1 rings (SSSR count). The van der Waals surface area contributed by atoms with Crippen LogP contribution >= 0.6 is 24.0 Å². The van der Waals surface area contributed by atoms with Crippen LogP contribution in [-0.2, 0) is 13.6 Å². The second-order valence-corrected chi connectivity index (χ2v) is 4.52. The molecular weight excluding hydrogens is 317 g/mol. The Hall–Kier alpha value is -0.790. The van der Waals surface area contributed by atoms with Crippen molar-refractivity contribution in [1.29, 1.82) is 0 Å². The number of halogens is 1. The average molecular weight is 337 g/mol. The van der Waals surface area contributed by atoms with E-state index in [4.69, 9.17) is 5.73 Å². The lowest BCUT2D eigenvalue weighted by molar-refractivity contribution is 0.508. The second-order valence-electron chi connectivity index (χ2n) is 4.52. The van der Waals surface area contributed by atoms with Crippen LogP contribution in [0.2, 0.25) is 0 Å². The third-order valence-electron chi connectivity index (χ3n) is 1.84. The van der Waals surface area contributed by atoms with E-state index in [1.165, 1.54) is 0 Å². The van der Waals surface area contributed by atoms with Gasteiger partial charge in [-0.05, 0) is 26.8 Å². The molecule has 0 spiro atoms. The normalized spacial score (nSPS) is 12.1. The van der Waals surface area contributed by atoms with E-state index in [1.54, 1.807) is 10.9 Å². The molecule has 0 saturated carbocycles. The predicted molar refractivity (Wildman–Crippen MR) is 76.8 cm³/mol. The predicted octanol–water partition coefficient (Wildman–Crippen LogP) is 1.24. The summed E-state index contributed by atoms with van der Waals surface area (Å²) in [5.74, 6) is 0.462. The molecule has 1 aromatic heterocycles. The Kier molecular flexibility index (Phi) is 5.77. The molecule has 0 bridgehead atoms. The first-order valence-electron chi connectivity index (χ1n) is 4.93. The Morgan fingerprint density at radius 2 is 2.19 bits per heavy atom. The fourth-order valence-electron chi connectivity index (χ4n) is 1.15. The van der Waals surface area contributed by atoms with E-state index < -0.39 is 0 Å². The van der Waals surface area contributed by atoms with Gasteiger partial charge in [0.1, 0.15) is 0 Å². The number of hydrogen-bond acceptors (Lipinski definition) is 2. The molecule has 92 valence electrons. The highest BCUT2D eigenvalue weighted by atomic mass is 127. The van der Waals surface area contributed by atoms with Gasteiger partial charge in [-0.25, -0.2) is 4.99 Å². The number of hydrogen-bond donors (Lipinski definition) is 2. The molecular formula is C10H20IN5. The van der Waals surface area contributed by atoms with Crippen LogP contribution in [0.15, 0.2) is 17.3 Å². The zero-order valence-corrected chi connectivity index (χ0v) is 12.5. The van der Waals surface area contributed by atoms with Gasteiger partial charge in [0.2, 0.25) is 0 Å². The van der Waals surface area contributed by atoms with Crippen molar-refractivity contribution in [2.75, 3.05) is 0 Å². The molecule has 0 unspecified atom stereocenters. The lowest BCUT2D eigenvalue weighted by atomic mass is 10.1. The van der Waals surface area contributed by atoms with Crippen LogP contribution in [0.1, 0.15) is 26.5 Å². The van der Waals surface area contributed by atoms with E-state index in [1.807, 2.05) is 33.9 Å². The topological polar surface area (TPSA) is 68.2 Å². The van der Waals surface area contributed by atoms with E-state index >= 15 is 0 Å². The summed E-state index contributed by atoms with van der Waals surface area (Å²) in [4.78, 5) is 4.24. The summed E-state index contributed by atoms with van der Waals surface area (Å²) in [5.41, 5.74) is 6.72. The van der Waals surface area contributed by atoms with Gasteiger partial charge in [0.25, 0.3) is 0 Å². The molecule has 0 radical (unpaired) electrons. The Morgan fingerprint density at radius 3 is 2.62 bits per heavy atom. The molecule has 6 heteroatoms. The number of nitrogens with two attached hydrogens (primary N) is 1. The first-order valence-corrected chi connectivity index (χ1v) is 4.93. The molecule has 0 amide bonds. The van der Waals surface area contributed by atoms with Gasteiger partial charge in [0.05, 0.1) is 12.2 Å². The number of aromatic nitrogens is 2. The van der Waals surface area contributed by atoms with Crippen molar-refractivity contribution in [2.45, 2.75) is 32.9 Å². The summed E-state index contributed by atoms with van der Waals surface area (Å²) in [6, 6.07) is 1.92. The average Bonchev–Trinajstić information content (AvgIpc) is 2.44. The smallest absolute Gasteiger partial charge is 0.189 e. The van der Waals surface area contributed by atoms with Gasteiger partial charge >= 0.3 is 0 Å². The number of nitrogens with zero attached hydrogens (tertiary/aromatic N) is 3. The molecule has 3 N–H and O–H groups in total. The minimum atomic E-state index is -0.0555. The van der Waals surface area contributed by atoms with Gasteiger partial charge in [-0.2, -0.15) is 5.10 Å². The quantitative estimate of drug-likeness (QED) is 0.485. The van der Waals surface area contributed by atoms with Crippen molar-refractivity contribution in [3.63, 3.8) is 0 Å². The highest BCUT2D eigenvalue weighted by molar-refractivity contribution is 14.0. The largest absolute Gasteiger partial charge is 0.370 e. The maximum Gasteiger partial charge on any atom is 0.189 e. The van der Waals surface area contributed by atoms with Crippen LogP contribution in [0.25, 0.3) is 0 Å². The first-order chi connectivity index (χ1) is 6.88. The minimum absolute atomic E-state index is 0. The van der Waals surface area contributed by atoms with Gasteiger partial charge in [0, 0.05) is 18.8 Å². The van der Waals surface area contributed by atoms with Gasteiger partial charge in [-0.15, -0.1) is 24.0 Å². The number of guanidine groups is 1. The molecule has 0 aliphatic carbocycles. The molecule has 5 nitrogen and oxygen atoms in total.